The van der Waals surface area contributed by atoms with Gasteiger partial charge >= 0.3 is 0 Å². The number of halogens is 2. The molecular formula is C20H23Cl2N3O3. The van der Waals surface area contributed by atoms with Gasteiger partial charge in [0.2, 0.25) is 11.8 Å². The first-order valence-corrected chi connectivity index (χ1v) is 10.1. The summed E-state index contributed by atoms with van der Waals surface area (Å²) in [6.45, 7) is 6.66. The van der Waals surface area contributed by atoms with Crippen LogP contribution in [0.1, 0.15) is 23.2 Å². The quantitative estimate of drug-likeness (QED) is 0.702. The lowest BCUT2D eigenvalue weighted by molar-refractivity contribution is -0.140. The van der Waals surface area contributed by atoms with E-state index in [1.807, 2.05) is 4.90 Å². The predicted molar refractivity (Wildman–Crippen MR) is 108 cm³/mol. The van der Waals surface area contributed by atoms with Crippen molar-refractivity contribution < 1.29 is 14.4 Å². The summed E-state index contributed by atoms with van der Waals surface area (Å²) in [5.74, 6) is -0.138. The van der Waals surface area contributed by atoms with Crippen LogP contribution in [-0.4, -0.2) is 71.7 Å². The molecule has 28 heavy (non-hydrogen) atoms. The van der Waals surface area contributed by atoms with Gasteiger partial charge in [0.1, 0.15) is 0 Å². The van der Waals surface area contributed by atoms with Gasteiger partial charge in [0, 0.05) is 50.7 Å². The summed E-state index contributed by atoms with van der Waals surface area (Å²) in [6.07, 6.45) is 2.65. The maximum Gasteiger partial charge on any atom is 0.254 e. The molecule has 0 aromatic heterocycles. The van der Waals surface area contributed by atoms with Gasteiger partial charge in [0.05, 0.1) is 10.0 Å². The van der Waals surface area contributed by atoms with Gasteiger partial charge in [0.25, 0.3) is 5.91 Å². The molecule has 2 aliphatic heterocycles. The molecule has 0 radical (unpaired) electrons. The van der Waals surface area contributed by atoms with Crippen molar-refractivity contribution in [3.8, 4) is 0 Å². The van der Waals surface area contributed by atoms with Gasteiger partial charge in [0.15, 0.2) is 0 Å². The fraction of sp³-hybridized carbons (Fsp3) is 0.450. The first-order chi connectivity index (χ1) is 13.4. The van der Waals surface area contributed by atoms with Crippen molar-refractivity contribution in [2.75, 3.05) is 39.3 Å². The predicted octanol–water partition coefficient (Wildman–Crippen LogP) is 2.70. The Hall–Kier alpha value is -2.05. The molecule has 2 aliphatic rings. The topological polar surface area (TPSA) is 60.9 Å². The maximum absolute atomic E-state index is 12.8. The highest BCUT2D eigenvalue weighted by Gasteiger charge is 2.32. The fourth-order valence-electron chi connectivity index (χ4n) is 3.68. The monoisotopic (exact) mass is 423 g/mol. The number of rotatable bonds is 3. The largest absolute Gasteiger partial charge is 0.339 e. The third-order valence-electron chi connectivity index (χ3n) is 5.38. The smallest absolute Gasteiger partial charge is 0.254 e. The minimum Gasteiger partial charge on any atom is -0.339 e. The van der Waals surface area contributed by atoms with Crippen LogP contribution in [0, 0.1) is 5.92 Å². The SMILES string of the molecule is C=CC(=O)N1CCC(C(=O)N2CCN(C(=O)c3ccc(Cl)c(Cl)c3)CC2)CC1. The highest BCUT2D eigenvalue weighted by atomic mass is 35.5. The molecule has 3 amide bonds. The number of carbonyl (C=O) groups excluding carboxylic acids is 3. The lowest BCUT2D eigenvalue weighted by atomic mass is 9.95. The molecule has 1 aromatic rings. The maximum atomic E-state index is 12.8. The molecule has 0 N–H and O–H groups in total. The van der Waals surface area contributed by atoms with E-state index in [-0.39, 0.29) is 23.6 Å². The van der Waals surface area contributed by atoms with Crippen LogP contribution in [0.25, 0.3) is 0 Å². The summed E-state index contributed by atoms with van der Waals surface area (Å²) in [7, 11) is 0. The van der Waals surface area contributed by atoms with Crippen molar-refractivity contribution in [3.63, 3.8) is 0 Å². The molecule has 2 heterocycles. The molecule has 2 fully saturated rings. The van der Waals surface area contributed by atoms with Crippen LogP contribution in [0.2, 0.25) is 10.0 Å². The number of hydrogen-bond acceptors (Lipinski definition) is 3. The Kier molecular flexibility index (Phi) is 6.62. The second-order valence-corrected chi connectivity index (χ2v) is 7.86. The standard InChI is InChI=1S/C20H23Cl2N3O3/c1-2-18(26)23-7-5-14(6-8-23)19(27)24-9-11-25(12-10-24)20(28)15-3-4-16(21)17(22)13-15/h2-4,13-14H,1,5-12H2. The molecule has 0 atom stereocenters. The lowest BCUT2D eigenvalue weighted by Crippen LogP contribution is -2.53. The number of nitrogens with zero attached hydrogens (tertiary/aromatic N) is 3. The molecule has 0 bridgehead atoms. The number of likely N-dealkylation sites (tertiary alicyclic amines) is 1. The Balaban J connectivity index is 1.51. The zero-order valence-electron chi connectivity index (χ0n) is 15.6. The number of hydrogen-bond donors (Lipinski definition) is 0. The zero-order chi connectivity index (χ0) is 20.3. The summed E-state index contributed by atoms with van der Waals surface area (Å²) in [6, 6.07) is 4.84. The van der Waals surface area contributed by atoms with E-state index < -0.39 is 0 Å². The molecule has 0 spiro atoms. The third kappa shape index (κ3) is 4.50. The molecule has 3 rings (SSSR count). The Bertz CT molecular complexity index is 783. The normalized spacial score (nSPS) is 18.1. The van der Waals surface area contributed by atoms with E-state index in [2.05, 4.69) is 6.58 Å². The van der Waals surface area contributed by atoms with Gasteiger partial charge in [-0.25, -0.2) is 0 Å². The van der Waals surface area contributed by atoms with Crippen LogP contribution in [0.5, 0.6) is 0 Å². The minimum absolute atomic E-state index is 0.0637. The molecule has 0 aliphatic carbocycles. The summed E-state index contributed by atoms with van der Waals surface area (Å²) < 4.78 is 0. The van der Waals surface area contributed by atoms with Crippen LogP contribution >= 0.6 is 23.2 Å². The van der Waals surface area contributed by atoms with Gasteiger partial charge < -0.3 is 14.7 Å². The van der Waals surface area contributed by atoms with Crippen molar-refractivity contribution in [2.24, 2.45) is 5.92 Å². The van der Waals surface area contributed by atoms with Crippen molar-refractivity contribution in [1.29, 1.82) is 0 Å². The number of benzene rings is 1. The summed E-state index contributed by atoms with van der Waals surface area (Å²) in [5, 5.41) is 0.761. The van der Waals surface area contributed by atoms with Crippen LogP contribution in [0.3, 0.4) is 0 Å². The van der Waals surface area contributed by atoms with Crippen LogP contribution < -0.4 is 0 Å². The van der Waals surface area contributed by atoms with Crippen molar-refractivity contribution in [3.05, 3.63) is 46.5 Å². The van der Waals surface area contributed by atoms with Gasteiger partial charge in [-0.15, -0.1) is 0 Å². The fourth-order valence-corrected chi connectivity index (χ4v) is 3.97. The number of amides is 3. The Morgan fingerprint density at radius 3 is 2.07 bits per heavy atom. The zero-order valence-corrected chi connectivity index (χ0v) is 17.1. The molecule has 2 saturated heterocycles. The third-order valence-corrected chi connectivity index (χ3v) is 6.11. The van der Waals surface area contributed by atoms with E-state index in [9.17, 15) is 14.4 Å². The first-order valence-electron chi connectivity index (χ1n) is 9.35. The Morgan fingerprint density at radius 1 is 0.893 bits per heavy atom. The van der Waals surface area contributed by atoms with E-state index in [1.165, 1.54) is 6.08 Å². The van der Waals surface area contributed by atoms with E-state index in [4.69, 9.17) is 23.2 Å². The number of piperidine rings is 1. The molecule has 150 valence electrons. The summed E-state index contributed by atoms with van der Waals surface area (Å²) >= 11 is 11.9. The molecule has 0 unspecified atom stereocenters. The van der Waals surface area contributed by atoms with Crippen LogP contribution in [-0.2, 0) is 9.59 Å². The average Bonchev–Trinajstić information content (AvgIpc) is 2.74. The van der Waals surface area contributed by atoms with E-state index in [0.717, 1.165) is 0 Å². The van der Waals surface area contributed by atoms with E-state index >= 15 is 0 Å². The Morgan fingerprint density at radius 2 is 1.50 bits per heavy atom. The molecule has 6 nitrogen and oxygen atoms in total. The van der Waals surface area contributed by atoms with Gasteiger partial charge in [-0.2, -0.15) is 0 Å². The summed E-state index contributed by atoms with van der Waals surface area (Å²) in [5.41, 5.74) is 0.494. The van der Waals surface area contributed by atoms with Gasteiger partial charge in [-0.1, -0.05) is 29.8 Å². The molecule has 0 saturated carbocycles. The van der Waals surface area contributed by atoms with E-state index in [1.54, 1.807) is 28.0 Å². The second kappa shape index (κ2) is 8.97. The van der Waals surface area contributed by atoms with Gasteiger partial charge in [-0.3, -0.25) is 14.4 Å². The van der Waals surface area contributed by atoms with Gasteiger partial charge in [-0.05, 0) is 37.1 Å². The van der Waals surface area contributed by atoms with Crippen molar-refractivity contribution >= 4 is 40.9 Å². The minimum atomic E-state index is -0.109. The second-order valence-electron chi connectivity index (χ2n) is 7.05. The number of piperazine rings is 1. The highest BCUT2D eigenvalue weighted by Crippen LogP contribution is 2.24. The van der Waals surface area contributed by atoms with Crippen molar-refractivity contribution in [2.45, 2.75) is 12.8 Å². The average molecular weight is 424 g/mol. The van der Waals surface area contributed by atoms with Crippen LogP contribution in [0.15, 0.2) is 30.9 Å². The number of carbonyl (C=O) groups is 3. The molecular weight excluding hydrogens is 401 g/mol. The van der Waals surface area contributed by atoms with Crippen LogP contribution in [0.4, 0.5) is 0 Å². The highest BCUT2D eigenvalue weighted by molar-refractivity contribution is 6.42. The van der Waals surface area contributed by atoms with E-state index in [0.29, 0.717) is 67.7 Å². The lowest BCUT2D eigenvalue weighted by Gasteiger charge is -2.38. The molecule has 8 heteroatoms. The van der Waals surface area contributed by atoms with Crippen molar-refractivity contribution in [1.82, 2.24) is 14.7 Å². The Labute approximate surface area is 174 Å². The molecule has 1 aromatic carbocycles. The first kappa shape index (κ1) is 20.7. The summed E-state index contributed by atoms with van der Waals surface area (Å²) in [4.78, 5) is 42.4.